The van der Waals surface area contributed by atoms with E-state index < -0.39 is 0 Å². The van der Waals surface area contributed by atoms with Crippen LogP contribution in [0.3, 0.4) is 0 Å². The van der Waals surface area contributed by atoms with Crippen molar-refractivity contribution in [3.8, 4) is 11.5 Å². The lowest BCUT2D eigenvalue weighted by Crippen LogP contribution is -2.10. The lowest BCUT2D eigenvalue weighted by Gasteiger charge is -2.12. The molecule has 0 saturated heterocycles. The van der Waals surface area contributed by atoms with E-state index in [2.05, 4.69) is 5.32 Å². The van der Waals surface area contributed by atoms with Gasteiger partial charge in [0.15, 0.2) is 0 Å². The Balaban J connectivity index is 1.75. The summed E-state index contributed by atoms with van der Waals surface area (Å²) >= 11 is 0. The second-order valence-corrected chi connectivity index (χ2v) is 4.65. The lowest BCUT2D eigenvalue weighted by atomic mass is 10.2. The van der Waals surface area contributed by atoms with Crippen molar-refractivity contribution in [2.24, 2.45) is 0 Å². The van der Waals surface area contributed by atoms with Crippen LogP contribution in [0.25, 0.3) is 0 Å². The van der Waals surface area contributed by atoms with Crippen LogP contribution in [0.1, 0.15) is 12.0 Å². The SMILES string of the molecule is CNCc1cc(F)ccc1OCCCOc1ccccc1. The van der Waals surface area contributed by atoms with Gasteiger partial charge in [0.25, 0.3) is 0 Å². The molecule has 4 heteroatoms. The predicted molar refractivity (Wildman–Crippen MR) is 81.2 cm³/mol. The van der Waals surface area contributed by atoms with Crippen molar-refractivity contribution in [3.05, 3.63) is 59.9 Å². The molecule has 0 aliphatic rings. The summed E-state index contributed by atoms with van der Waals surface area (Å²) in [5, 5.41) is 3.00. The Kier molecular flexibility index (Phi) is 6.03. The number of benzene rings is 2. The van der Waals surface area contributed by atoms with E-state index in [1.807, 2.05) is 37.4 Å². The van der Waals surface area contributed by atoms with Crippen molar-refractivity contribution >= 4 is 0 Å². The maximum absolute atomic E-state index is 13.2. The molecule has 0 amide bonds. The fraction of sp³-hybridized carbons (Fsp3) is 0.294. The number of hydrogen-bond acceptors (Lipinski definition) is 3. The molecule has 3 nitrogen and oxygen atoms in total. The zero-order chi connectivity index (χ0) is 14.9. The first-order valence-corrected chi connectivity index (χ1v) is 7.03. The van der Waals surface area contributed by atoms with Gasteiger partial charge in [0.2, 0.25) is 0 Å². The van der Waals surface area contributed by atoms with Crippen LogP contribution < -0.4 is 14.8 Å². The van der Waals surface area contributed by atoms with Crippen molar-refractivity contribution in [2.75, 3.05) is 20.3 Å². The smallest absolute Gasteiger partial charge is 0.123 e. The Morgan fingerprint density at radius 3 is 2.52 bits per heavy atom. The van der Waals surface area contributed by atoms with Gasteiger partial charge < -0.3 is 14.8 Å². The van der Waals surface area contributed by atoms with Crippen molar-refractivity contribution in [1.82, 2.24) is 5.32 Å². The molecule has 0 fully saturated rings. The molecule has 0 spiro atoms. The van der Waals surface area contributed by atoms with E-state index in [0.29, 0.717) is 25.5 Å². The van der Waals surface area contributed by atoms with E-state index in [9.17, 15) is 4.39 Å². The summed E-state index contributed by atoms with van der Waals surface area (Å²) in [7, 11) is 1.82. The maximum Gasteiger partial charge on any atom is 0.123 e. The Hall–Kier alpha value is -2.07. The van der Waals surface area contributed by atoms with Gasteiger partial charge >= 0.3 is 0 Å². The fourth-order valence-electron chi connectivity index (χ4n) is 1.97. The average molecular weight is 289 g/mol. The largest absolute Gasteiger partial charge is 0.493 e. The summed E-state index contributed by atoms with van der Waals surface area (Å²) < 4.78 is 24.5. The van der Waals surface area contributed by atoms with E-state index >= 15 is 0 Å². The van der Waals surface area contributed by atoms with Gasteiger partial charge in [-0.3, -0.25) is 0 Å². The minimum absolute atomic E-state index is 0.250. The van der Waals surface area contributed by atoms with Crippen LogP contribution in [0, 0.1) is 5.82 Å². The molecule has 0 radical (unpaired) electrons. The molecule has 0 heterocycles. The number of para-hydroxylation sites is 1. The molecule has 2 aromatic carbocycles. The van der Waals surface area contributed by atoms with Gasteiger partial charge in [-0.25, -0.2) is 4.39 Å². The molecule has 0 saturated carbocycles. The van der Waals surface area contributed by atoms with E-state index in [0.717, 1.165) is 17.7 Å². The van der Waals surface area contributed by atoms with E-state index in [1.165, 1.54) is 12.1 Å². The topological polar surface area (TPSA) is 30.5 Å². The van der Waals surface area contributed by atoms with Crippen LogP contribution in [-0.2, 0) is 6.54 Å². The predicted octanol–water partition coefficient (Wildman–Crippen LogP) is 3.39. The van der Waals surface area contributed by atoms with E-state index in [1.54, 1.807) is 6.07 Å². The highest BCUT2D eigenvalue weighted by Gasteiger charge is 2.04. The number of halogens is 1. The highest BCUT2D eigenvalue weighted by molar-refractivity contribution is 5.33. The van der Waals surface area contributed by atoms with Crippen LogP contribution in [0.2, 0.25) is 0 Å². The standard InChI is InChI=1S/C17H20FNO2/c1-19-13-14-12-15(18)8-9-17(14)21-11-5-10-20-16-6-3-2-4-7-16/h2-4,6-9,12,19H,5,10-11,13H2,1H3. The van der Waals surface area contributed by atoms with Gasteiger partial charge in [-0.15, -0.1) is 0 Å². The minimum atomic E-state index is -0.250. The average Bonchev–Trinajstić information content (AvgIpc) is 2.50. The summed E-state index contributed by atoms with van der Waals surface area (Å²) in [6.45, 7) is 1.70. The van der Waals surface area contributed by atoms with Gasteiger partial charge in [0, 0.05) is 18.5 Å². The third-order valence-electron chi connectivity index (χ3n) is 2.95. The number of hydrogen-bond donors (Lipinski definition) is 1. The molecule has 0 bridgehead atoms. The first-order chi connectivity index (χ1) is 10.3. The Bertz CT molecular complexity index is 546. The molecular formula is C17H20FNO2. The van der Waals surface area contributed by atoms with Gasteiger partial charge in [0.1, 0.15) is 17.3 Å². The monoisotopic (exact) mass is 289 g/mol. The highest BCUT2D eigenvalue weighted by Crippen LogP contribution is 2.19. The Labute approximate surface area is 124 Å². The number of nitrogens with one attached hydrogen (secondary N) is 1. The van der Waals surface area contributed by atoms with Gasteiger partial charge in [-0.2, -0.15) is 0 Å². The van der Waals surface area contributed by atoms with Crippen LogP contribution in [-0.4, -0.2) is 20.3 Å². The van der Waals surface area contributed by atoms with Crippen LogP contribution >= 0.6 is 0 Å². The minimum Gasteiger partial charge on any atom is -0.493 e. The molecule has 0 atom stereocenters. The lowest BCUT2D eigenvalue weighted by molar-refractivity contribution is 0.246. The molecular weight excluding hydrogens is 269 g/mol. The molecule has 2 aromatic rings. The maximum atomic E-state index is 13.2. The summed E-state index contributed by atoms with van der Waals surface area (Å²) in [4.78, 5) is 0. The second kappa shape index (κ2) is 8.27. The molecule has 21 heavy (non-hydrogen) atoms. The number of rotatable bonds is 8. The molecule has 2 rings (SSSR count). The number of ether oxygens (including phenoxy) is 2. The Morgan fingerprint density at radius 2 is 1.76 bits per heavy atom. The molecule has 1 N–H and O–H groups in total. The molecule has 112 valence electrons. The van der Waals surface area contributed by atoms with E-state index in [-0.39, 0.29) is 5.82 Å². The summed E-state index contributed by atoms with van der Waals surface area (Å²) in [6.07, 6.45) is 0.769. The van der Waals surface area contributed by atoms with Gasteiger partial charge in [0.05, 0.1) is 13.2 Å². The molecule has 0 aliphatic carbocycles. The van der Waals surface area contributed by atoms with E-state index in [4.69, 9.17) is 9.47 Å². The van der Waals surface area contributed by atoms with Crippen LogP contribution in [0.5, 0.6) is 11.5 Å². The molecule has 0 aliphatic heterocycles. The zero-order valence-electron chi connectivity index (χ0n) is 12.1. The van der Waals surface area contributed by atoms with Crippen molar-refractivity contribution in [2.45, 2.75) is 13.0 Å². The summed E-state index contributed by atoms with van der Waals surface area (Å²) in [6, 6.07) is 14.2. The third-order valence-corrected chi connectivity index (χ3v) is 2.95. The second-order valence-electron chi connectivity index (χ2n) is 4.65. The van der Waals surface area contributed by atoms with Crippen LogP contribution in [0.4, 0.5) is 4.39 Å². The first-order valence-electron chi connectivity index (χ1n) is 7.03. The zero-order valence-corrected chi connectivity index (χ0v) is 12.1. The summed E-state index contributed by atoms with van der Waals surface area (Å²) in [5.74, 6) is 1.32. The van der Waals surface area contributed by atoms with Crippen LogP contribution in [0.15, 0.2) is 48.5 Å². The Morgan fingerprint density at radius 1 is 1.00 bits per heavy atom. The van der Waals surface area contributed by atoms with Gasteiger partial charge in [-0.1, -0.05) is 18.2 Å². The van der Waals surface area contributed by atoms with Crippen molar-refractivity contribution in [3.63, 3.8) is 0 Å². The van der Waals surface area contributed by atoms with Crippen molar-refractivity contribution in [1.29, 1.82) is 0 Å². The third kappa shape index (κ3) is 5.08. The highest BCUT2D eigenvalue weighted by atomic mass is 19.1. The normalized spacial score (nSPS) is 10.4. The molecule has 0 aromatic heterocycles. The van der Waals surface area contributed by atoms with Gasteiger partial charge in [-0.05, 0) is 37.4 Å². The summed E-state index contributed by atoms with van der Waals surface area (Å²) in [5.41, 5.74) is 0.821. The quantitative estimate of drug-likeness (QED) is 0.756. The first kappa shape index (κ1) is 15.3. The fourth-order valence-corrected chi connectivity index (χ4v) is 1.97. The van der Waals surface area contributed by atoms with Crippen molar-refractivity contribution < 1.29 is 13.9 Å². The molecule has 0 unspecified atom stereocenters.